The quantitative estimate of drug-likeness (QED) is 0.512. The Labute approximate surface area is 168 Å². The van der Waals surface area contributed by atoms with Gasteiger partial charge in [0, 0.05) is 21.3 Å². The lowest BCUT2D eigenvalue weighted by Gasteiger charge is -2.35. The van der Waals surface area contributed by atoms with Gasteiger partial charge in [-0.05, 0) is 49.4 Å². The number of anilines is 1. The van der Waals surface area contributed by atoms with Gasteiger partial charge in [-0.25, -0.2) is 4.79 Å². The first-order valence-electron chi connectivity index (χ1n) is 7.95. The zero-order valence-corrected chi connectivity index (χ0v) is 16.0. The normalized spacial score (nSPS) is 13.4. The summed E-state index contributed by atoms with van der Waals surface area (Å²) >= 11 is 11.5. The van der Waals surface area contributed by atoms with Crippen molar-refractivity contribution in [3.8, 4) is 0 Å². The summed E-state index contributed by atoms with van der Waals surface area (Å²) in [6.07, 6.45) is -5.24. The zero-order valence-electron chi connectivity index (χ0n) is 14.4. The molecule has 0 heterocycles. The zero-order chi connectivity index (χ0) is 20.9. The van der Waals surface area contributed by atoms with E-state index < -0.39 is 23.7 Å². The van der Waals surface area contributed by atoms with Crippen molar-refractivity contribution >= 4 is 40.8 Å². The number of benzene rings is 2. The molecule has 5 nitrogen and oxygen atoms in total. The van der Waals surface area contributed by atoms with Gasteiger partial charge in [0.1, 0.15) is 0 Å². The summed E-state index contributed by atoms with van der Waals surface area (Å²) in [6.45, 7) is 1.02. The van der Waals surface area contributed by atoms with Gasteiger partial charge in [-0.3, -0.25) is 4.79 Å². The lowest BCUT2D eigenvalue weighted by Crippen LogP contribution is -2.69. The van der Waals surface area contributed by atoms with E-state index in [4.69, 9.17) is 23.2 Å². The number of nitrogens with one attached hydrogen (secondary N) is 2. The van der Waals surface area contributed by atoms with Crippen molar-refractivity contribution in [3.05, 3.63) is 64.1 Å². The Bertz CT molecular complexity index is 860. The van der Waals surface area contributed by atoms with Crippen LogP contribution in [0.5, 0.6) is 0 Å². The van der Waals surface area contributed by atoms with Crippen molar-refractivity contribution in [2.75, 3.05) is 11.9 Å². The number of hydrogen-bond donors (Lipinski definition) is 2. The van der Waals surface area contributed by atoms with Crippen LogP contribution in [0, 0.1) is 0 Å². The molecule has 2 rings (SSSR count). The first kappa shape index (κ1) is 21.8. The Morgan fingerprint density at radius 2 is 1.68 bits per heavy atom. The number of carbonyl (C=O) groups is 2. The molecule has 150 valence electrons. The average molecular weight is 435 g/mol. The number of esters is 1. The fraction of sp³-hybridized carbons (Fsp3) is 0.222. The molecule has 2 N–H and O–H groups in total. The molecule has 0 saturated heterocycles. The van der Waals surface area contributed by atoms with Crippen molar-refractivity contribution in [3.63, 3.8) is 0 Å². The number of rotatable bonds is 6. The lowest BCUT2D eigenvalue weighted by atomic mass is 10.1. The van der Waals surface area contributed by atoms with Gasteiger partial charge in [-0.1, -0.05) is 29.3 Å². The molecule has 0 aliphatic heterocycles. The van der Waals surface area contributed by atoms with Crippen molar-refractivity contribution in [1.82, 2.24) is 5.32 Å². The molecule has 28 heavy (non-hydrogen) atoms. The molecule has 0 aliphatic rings. The molecule has 0 fully saturated rings. The van der Waals surface area contributed by atoms with Crippen LogP contribution in [-0.4, -0.2) is 30.3 Å². The predicted molar refractivity (Wildman–Crippen MR) is 99.4 cm³/mol. The van der Waals surface area contributed by atoms with E-state index in [1.807, 2.05) is 5.32 Å². The second-order valence-corrected chi connectivity index (χ2v) is 6.44. The molecule has 2 aromatic rings. The summed E-state index contributed by atoms with van der Waals surface area (Å²) < 4.78 is 46.7. The Morgan fingerprint density at radius 1 is 1.04 bits per heavy atom. The summed E-state index contributed by atoms with van der Waals surface area (Å²) in [4.78, 5) is 24.8. The van der Waals surface area contributed by atoms with Crippen molar-refractivity contribution in [2.24, 2.45) is 0 Å². The highest BCUT2D eigenvalue weighted by Gasteiger charge is 2.63. The molecule has 0 bridgehead atoms. The Balaban J connectivity index is 2.50. The second-order valence-electron chi connectivity index (χ2n) is 5.56. The van der Waals surface area contributed by atoms with E-state index in [1.165, 1.54) is 55.5 Å². The number of amides is 1. The maximum absolute atomic E-state index is 14.0. The summed E-state index contributed by atoms with van der Waals surface area (Å²) in [5, 5.41) is 4.18. The first-order valence-corrected chi connectivity index (χ1v) is 8.70. The maximum atomic E-state index is 14.0. The first-order chi connectivity index (χ1) is 13.1. The highest BCUT2D eigenvalue weighted by atomic mass is 35.5. The van der Waals surface area contributed by atoms with E-state index >= 15 is 0 Å². The third kappa shape index (κ3) is 4.88. The third-order valence-electron chi connectivity index (χ3n) is 3.57. The van der Waals surface area contributed by atoms with Crippen LogP contribution in [-0.2, 0) is 9.53 Å². The fourth-order valence-electron chi connectivity index (χ4n) is 2.25. The molecule has 0 aromatic heterocycles. The topological polar surface area (TPSA) is 67.4 Å². The van der Waals surface area contributed by atoms with Crippen LogP contribution in [0.25, 0.3) is 0 Å². The number of ether oxygens (including phenoxy) is 1. The summed E-state index contributed by atoms with van der Waals surface area (Å²) in [5.74, 6) is -2.89. The van der Waals surface area contributed by atoms with Gasteiger partial charge in [0.2, 0.25) is 0 Å². The molecule has 0 unspecified atom stereocenters. The summed E-state index contributed by atoms with van der Waals surface area (Å²) in [6, 6.07) is 10.4. The van der Waals surface area contributed by atoms with Crippen molar-refractivity contribution in [1.29, 1.82) is 0 Å². The SMILES string of the molecule is CCOC(=O)[C@](NC(=O)c1cccc(Cl)c1)(Nc1ccc(Cl)cc1)C(F)(F)F. The van der Waals surface area contributed by atoms with Gasteiger partial charge < -0.3 is 15.4 Å². The van der Waals surface area contributed by atoms with E-state index in [0.717, 1.165) is 0 Å². The van der Waals surface area contributed by atoms with E-state index in [0.29, 0.717) is 0 Å². The van der Waals surface area contributed by atoms with E-state index in [1.54, 1.807) is 5.32 Å². The minimum Gasteiger partial charge on any atom is -0.463 e. The molecule has 0 radical (unpaired) electrons. The average Bonchev–Trinajstić information content (AvgIpc) is 2.62. The number of carbonyl (C=O) groups excluding carboxylic acids is 2. The summed E-state index contributed by atoms with van der Waals surface area (Å²) in [7, 11) is 0. The van der Waals surface area contributed by atoms with Crippen LogP contribution >= 0.6 is 23.2 Å². The van der Waals surface area contributed by atoms with Crippen molar-refractivity contribution < 1.29 is 27.5 Å². The Morgan fingerprint density at radius 3 is 2.21 bits per heavy atom. The number of halogens is 5. The third-order valence-corrected chi connectivity index (χ3v) is 4.06. The van der Waals surface area contributed by atoms with Crippen molar-refractivity contribution in [2.45, 2.75) is 18.8 Å². The van der Waals surface area contributed by atoms with E-state index in [-0.39, 0.29) is 27.9 Å². The highest BCUT2D eigenvalue weighted by Crippen LogP contribution is 2.34. The Hall–Kier alpha value is -2.45. The van der Waals surface area contributed by atoms with Crippen LogP contribution in [0.1, 0.15) is 17.3 Å². The van der Waals surface area contributed by atoms with Crippen LogP contribution in [0.4, 0.5) is 18.9 Å². The minimum absolute atomic E-state index is 0.110. The molecular weight excluding hydrogens is 420 g/mol. The smallest absolute Gasteiger partial charge is 0.441 e. The standard InChI is InChI=1S/C18H15Cl2F3N2O3/c1-2-28-16(27)17(18(21,22)23,24-14-8-6-12(19)7-9-14)25-15(26)11-4-3-5-13(20)10-11/h3-10,24H,2H2,1H3,(H,25,26)/t17-/m1/s1. The predicted octanol–water partition coefficient (Wildman–Crippen LogP) is 4.66. The Kier molecular flexibility index (Phi) is 6.79. The van der Waals surface area contributed by atoms with Gasteiger partial charge >= 0.3 is 17.8 Å². The van der Waals surface area contributed by atoms with Crippen LogP contribution < -0.4 is 10.6 Å². The van der Waals surface area contributed by atoms with E-state index in [9.17, 15) is 22.8 Å². The largest absolute Gasteiger partial charge is 0.463 e. The number of hydrogen-bond acceptors (Lipinski definition) is 4. The number of alkyl halides is 3. The molecule has 0 spiro atoms. The molecular formula is C18H15Cl2F3N2O3. The molecule has 0 aliphatic carbocycles. The van der Waals surface area contributed by atoms with Gasteiger partial charge in [0.05, 0.1) is 6.61 Å². The molecule has 1 atom stereocenters. The highest BCUT2D eigenvalue weighted by molar-refractivity contribution is 6.31. The fourth-order valence-corrected chi connectivity index (χ4v) is 2.57. The van der Waals surface area contributed by atoms with Crippen LogP contribution in [0.3, 0.4) is 0 Å². The van der Waals surface area contributed by atoms with Gasteiger partial charge in [0.15, 0.2) is 0 Å². The molecule has 2 aromatic carbocycles. The lowest BCUT2D eigenvalue weighted by molar-refractivity contribution is -0.204. The van der Waals surface area contributed by atoms with E-state index in [2.05, 4.69) is 4.74 Å². The van der Waals surface area contributed by atoms with Gasteiger partial charge in [-0.15, -0.1) is 0 Å². The molecule has 10 heteroatoms. The monoisotopic (exact) mass is 434 g/mol. The summed E-state index contributed by atoms with van der Waals surface area (Å²) in [5.41, 5.74) is -3.81. The van der Waals surface area contributed by atoms with Gasteiger partial charge in [0.25, 0.3) is 5.91 Å². The van der Waals surface area contributed by atoms with Crippen LogP contribution in [0.2, 0.25) is 10.0 Å². The van der Waals surface area contributed by atoms with Gasteiger partial charge in [-0.2, -0.15) is 13.2 Å². The molecule has 0 saturated carbocycles. The second kappa shape index (κ2) is 8.70. The minimum atomic E-state index is -5.24. The van der Waals surface area contributed by atoms with Crippen LogP contribution in [0.15, 0.2) is 48.5 Å². The molecule has 1 amide bonds. The maximum Gasteiger partial charge on any atom is 0.441 e.